The van der Waals surface area contributed by atoms with Gasteiger partial charge in [0.25, 0.3) is 0 Å². The quantitative estimate of drug-likeness (QED) is 0.138. The first-order valence-corrected chi connectivity index (χ1v) is 11.9. The lowest BCUT2D eigenvalue weighted by Gasteiger charge is -2.32. The molecular weight excluding hydrogens is 415 g/mol. The van der Waals surface area contributed by atoms with Gasteiger partial charge in [-0.15, -0.1) is 0 Å². The summed E-state index contributed by atoms with van der Waals surface area (Å²) in [6.07, 6.45) is 6.39. The molecule has 31 heavy (non-hydrogen) atoms. The summed E-state index contributed by atoms with van der Waals surface area (Å²) in [6, 6.07) is 5.05. The zero-order valence-electron chi connectivity index (χ0n) is 19.7. The molecule has 6 nitrogen and oxygen atoms in total. The van der Waals surface area contributed by atoms with Crippen LogP contribution < -0.4 is 9.47 Å². The minimum atomic E-state index is -1.51. The molecule has 0 aliphatic heterocycles. The van der Waals surface area contributed by atoms with Crippen LogP contribution in [0.15, 0.2) is 18.2 Å². The summed E-state index contributed by atoms with van der Waals surface area (Å²) >= 11 is 0. The topological polar surface area (TPSA) is 78.9 Å². The largest absolute Gasteiger partial charge is 0.496 e. The van der Waals surface area contributed by atoms with Gasteiger partial charge in [-0.2, -0.15) is 0 Å². The summed E-state index contributed by atoms with van der Waals surface area (Å²) < 4.78 is 28.5. The van der Waals surface area contributed by atoms with Crippen molar-refractivity contribution in [1.29, 1.82) is 0 Å². The molecule has 0 aromatic heterocycles. The fraction of sp³-hybridized carbons (Fsp3) is 0.667. The molecule has 2 atom stereocenters. The average molecular weight is 453 g/mol. The van der Waals surface area contributed by atoms with Crippen molar-refractivity contribution in [3.05, 3.63) is 23.8 Å². The third-order valence-corrected chi connectivity index (χ3v) is 6.40. The molecule has 174 valence electrons. The number of carbonyl (C=O) groups is 2. The predicted molar refractivity (Wildman–Crippen MR) is 123 cm³/mol. The molecule has 7 heteroatoms. The van der Waals surface area contributed by atoms with E-state index in [1.165, 1.54) is 40.4 Å². The molecule has 1 aromatic carbocycles. The number of benzene rings is 1. The van der Waals surface area contributed by atoms with Crippen molar-refractivity contribution in [2.75, 3.05) is 20.8 Å². The van der Waals surface area contributed by atoms with Crippen molar-refractivity contribution >= 4 is 20.2 Å². The number of rotatable bonds is 15. The summed E-state index contributed by atoms with van der Waals surface area (Å²) in [5, 5.41) is -1.51. The van der Waals surface area contributed by atoms with Gasteiger partial charge < -0.3 is 14.2 Å². The lowest BCUT2D eigenvalue weighted by molar-refractivity contribution is -0.148. The smallest absolute Gasteiger partial charge is 0.324 e. The Morgan fingerprint density at radius 2 is 1.55 bits per heavy atom. The van der Waals surface area contributed by atoms with Gasteiger partial charge >= 0.3 is 5.97 Å². The second-order valence-electron chi connectivity index (χ2n) is 8.27. The van der Waals surface area contributed by atoms with Gasteiger partial charge in [0.15, 0.2) is 19.4 Å². The van der Waals surface area contributed by atoms with Crippen molar-refractivity contribution < 1.29 is 28.4 Å². The molecular formula is C24H37O6P. The first kappa shape index (κ1) is 27.1. The molecule has 0 N–H and O–H groups in total. The van der Waals surface area contributed by atoms with Crippen LogP contribution in [0.4, 0.5) is 0 Å². The molecule has 2 unspecified atom stereocenters. The molecule has 0 fully saturated rings. The molecule has 0 radical (unpaired) electrons. The molecule has 1 rings (SSSR count). The van der Waals surface area contributed by atoms with Gasteiger partial charge in [0.05, 0.1) is 26.7 Å². The highest BCUT2D eigenvalue weighted by Crippen LogP contribution is 2.42. The predicted octanol–water partition coefficient (Wildman–Crippen LogP) is 6.11. The van der Waals surface area contributed by atoms with Crippen LogP contribution in [0.1, 0.15) is 76.6 Å². The van der Waals surface area contributed by atoms with Crippen LogP contribution >= 0.6 is 8.46 Å². The van der Waals surface area contributed by atoms with Crippen LogP contribution in [0.2, 0.25) is 0 Å². The minimum Gasteiger partial charge on any atom is -0.496 e. The first-order chi connectivity index (χ1) is 14.8. The van der Waals surface area contributed by atoms with E-state index in [4.69, 9.17) is 14.2 Å². The Balaban J connectivity index is 3.06. The molecule has 0 bridgehead atoms. The van der Waals surface area contributed by atoms with E-state index in [0.717, 1.165) is 19.3 Å². The van der Waals surface area contributed by atoms with Gasteiger partial charge in [0.2, 0.25) is 0 Å². The van der Waals surface area contributed by atoms with E-state index in [1.54, 1.807) is 18.2 Å². The highest BCUT2D eigenvalue weighted by molar-refractivity contribution is 7.27. The van der Waals surface area contributed by atoms with Gasteiger partial charge in [-0.05, 0) is 31.4 Å². The molecule has 0 aliphatic rings. The molecule has 0 aliphatic carbocycles. The summed E-state index contributed by atoms with van der Waals surface area (Å²) in [7, 11) is 2.48. The van der Waals surface area contributed by atoms with Gasteiger partial charge in [0.1, 0.15) is 17.1 Å². The van der Waals surface area contributed by atoms with Gasteiger partial charge in [0, 0.05) is 0 Å². The summed E-state index contributed by atoms with van der Waals surface area (Å²) in [6.45, 7) is 7.60. The van der Waals surface area contributed by atoms with Gasteiger partial charge in [-0.3, -0.25) is 14.2 Å². The maximum atomic E-state index is 13.6. The van der Waals surface area contributed by atoms with Crippen LogP contribution in [0, 0.1) is 11.8 Å². The standard InChI is InChI=1S/C24H37O6P/c1-7-8-9-10-11-12-16-30-23(26)24(4,31-27)21(17(2)3)22(25)20-18(28-5)14-13-15-19(20)29-6/h13-15,17,21H,7-12,16H2,1-6H3. The number of methoxy groups -OCH3 is 2. The van der Waals surface area contributed by atoms with Gasteiger partial charge in [-0.1, -0.05) is 58.9 Å². The van der Waals surface area contributed by atoms with E-state index in [2.05, 4.69) is 6.92 Å². The Hall–Kier alpha value is -1.94. The van der Waals surface area contributed by atoms with Crippen LogP contribution in [-0.2, 0) is 14.1 Å². The number of hydrogen-bond donors (Lipinski definition) is 0. The summed E-state index contributed by atoms with van der Waals surface area (Å²) in [5.74, 6) is -1.44. The minimum absolute atomic E-state index is 0.241. The third-order valence-electron chi connectivity index (χ3n) is 5.56. The maximum absolute atomic E-state index is 13.6. The number of unbranched alkanes of at least 4 members (excludes halogenated alkanes) is 5. The van der Waals surface area contributed by atoms with E-state index >= 15 is 0 Å². The van der Waals surface area contributed by atoms with Crippen LogP contribution in [0.3, 0.4) is 0 Å². The zero-order valence-corrected chi connectivity index (χ0v) is 20.6. The van der Waals surface area contributed by atoms with Crippen molar-refractivity contribution in [1.82, 2.24) is 0 Å². The number of ketones is 1. The van der Waals surface area contributed by atoms with Crippen molar-refractivity contribution in [3.63, 3.8) is 0 Å². The number of esters is 1. The van der Waals surface area contributed by atoms with Crippen LogP contribution in [0.25, 0.3) is 0 Å². The number of carbonyl (C=O) groups excluding carboxylic acids is 2. The summed E-state index contributed by atoms with van der Waals surface area (Å²) in [5.41, 5.74) is 0.241. The monoisotopic (exact) mass is 452 g/mol. The van der Waals surface area contributed by atoms with Crippen molar-refractivity contribution in [3.8, 4) is 11.5 Å². The number of hydrogen-bond acceptors (Lipinski definition) is 6. The van der Waals surface area contributed by atoms with Crippen LogP contribution in [-0.4, -0.2) is 37.7 Å². The molecule has 1 aromatic rings. The first-order valence-electron chi connectivity index (χ1n) is 11.0. The molecule has 0 heterocycles. The lowest BCUT2D eigenvalue weighted by atomic mass is 9.77. The highest BCUT2D eigenvalue weighted by Gasteiger charge is 2.50. The lowest BCUT2D eigenvalue weighted by Crippen LogP contribution is -2.46. The Bertz CT molecular complexity index is 711. The van der Waals surface area contributed by atoms with E-state index < -0.39 is 25.5 Å². The van der Waals surface area contributed by atoms with Crippen molar-refractivity contribution in [2.45, 2.75) is 71.4 Å². The Labute approximate surface area is 188 Å². The number of Topliss-reactive ketones (excluding diaryl/α,β-unsaturated/α-hetero) is 1. The van der Waals surface area contributed by atoms with E-state index in [0.29, 0.717) is 11.5 Å². The van der Waals surface area contributed by atoms with E-state index in [1.807, 2.05) is 13.8 Å². The van der Waals surface area contributed by atoms with Gasteiger partial charge in [-0.25, -0.2) is 0 Å². The second-order valence-corrected chi connectivity index (χ2v) is 9.38. The Kier molecular flexibility index (Phi) is 11.8. The van der Waals surface area contributed by atoms with Crippen LogP contribution in [0.5, 0.6) is 11.5 Å². The Morgan fingerprint density at radius 3 is 2.03 bits per heavy atom. The average Bonchev–Trinajstić information content (AvgIpc) is 2.77. The normalized spacial score (nSPS) is 14.2. The molecule has 0 spiro atoms. The second kappa shape index (κ2) is 13.5. The van der Waals surface area contributed by atoms with E-state index in [-0.39, 0.29) is 23.9 Å². The summed E-state index contributed by atoms with van der Waals surface area (Å²) in [4.78, 5) is 26.6. The molecule has 0 saturated heterocycles. The molecule has 0 saturated carbocycles. The fourth-order valence-electron chi connectivity index (χ4n) is 3.87. The SMILES string of the molecule is CCCCCCCCOC(=O)C(C)(P=O)C(C(=O)c1c(OC)cccc1OC)C(C)C. The third kappa shape index (κ3) is 7.03. The fourth-order valence-corrected chi connectivity index (χ4v) is 4.54. The maximum Gasteiger partial charge on any atom is 0.324 e. The number of ether oxygens (including phenoxy) is 3. The van der Waals surface area contributed by atoms with Crippen molar-refractivity contribution in [2.24, 2.45) is 11.8 Å². The highest BCUT2D eigenvalue weighted by atomic mass is 31.1. The molecule has 0 amide bonds. The zero-order chi connectivity index (χ0) is 23.4. The Morgan fingerprint density at radius 1 is 1.00 bits per heavy atom. The van der Waals surface area contributed by atoms with E-state index in [9.17, 15) is 14.2 Å².